The molecule has 1 saturated heterocycles. The lowest BCUT2D eigenvalue weighted by molar-refractivity contribution is -0.0402. The number of benzene rings is 2. The van der Waals surface area contributed by atoms with Crippen LogP contribution in [0.5, 0.6) is 11.5 Å². The van der Waals surface area contributed by atoms with Crippen molar-refractivity contribution >= 4 is 28.9 Å². The average Bonchev–Trinajstić information content (AvgIpc) is 3.31. The van der Waals surface area contributed by atoms with Crippen molar-refractivity contribution in [3.8, 4) is 11.5 Å². The minimum atomic E-state index is -1.07. The van der Waals surface area contributed by atoms with E-state index in [0.717, 1.165) is 29.8 Å². The Morgan fingerprint density at radius 3 is 2.69 bits per heavy atom. The molecule has 0 aliphatic carbocycles. The van der Waals surface area contributed by atoms with Crippen LogP contribution in [0.15, 0.2) is 60.9 Å². The summed E-state index contributed by atoms with van der Waals surface area (Å²) in [5, 5.41) is 9.49. The number of hydrogen-bond donors (Lipinski definition) is 1. The Balaban J connectivity index is 1.74. The number of hydrogen-bond acceptors (Lipinski definition) is 6. The van der Waals surface area contributed by atoms with E-state index in [9.17, 15) is 9.90 Å². The molecule has 3 aromatic rings. The second-order valence-corrected chi connectivity index (χ2v) is 7.72. The molecule has 0 spiro atoms. The molecule has 7 nitrogen and oxygen atoms in total. The molecule has 1 aliphatic rings. The molecule has 166 valence electrons. The van der Waals surface area contributed by atoms with Gasteiger partial charge in [-0.25, -0.2) is 4.79 Å². The summed E-state index contributed by atoms with van der Waals surface area (Å²) >= 11 is 6.27. The summed E-state index contributed by atoms with van der Waals surface area (Å²) in [5.41, 5.74) is 2.58. The van der Waals surface area contributed by atoms with Gasteiger partial charge in [-0.15, -0.1) is 0 Å². The Hall–Kier alpha value is -3.29. The topological polar surface area (TPSA) is 81.1 Å². The van der Waals surface area contributed by atoms with Gasteiger partial charge >= 0.3 is 5.97 Å². The molecule has 0 radical (unpaired) electrons. The molecule has 1 aliphatic heterocycles. The van der Waals surface area contributed by atoms with Gasteiger partial charge in [0.15, 0.2) is 17.8 Å². The lowest BCUT2D eigenvalue weighted by atomic mass is 10.1. The molecule has 8 heteroatoms. The minimum Gasteiger partial charge on any atom is -0.493 e. The summed E-state index contributed by atoms with van der Waals surface area (Å²) in [5.74, 6) is 0.100. The number of aromatic nitrogens is 1. The van der Waals surface area contributed by atoms with Gasteiger partial charge in [-0.1, -0.05) is 17.7 Å². The summed E-state index contributed by atoms with van der Waals surface area (Å²) in [6.07, 6.45) is 4.96. The third-order valence-electron chi connectivity index (χ3n) is 5.16. The SMILES string of the molecule is COc1ccc(N(Cc2cccnc2)c2ccc(C(=O)O)c(Cl)c2)cc1OC1CCCO1. The second kappa shape index (κ2) is 9.89. The third kappa shape index (κ3) is 4.95. The predicted molar refractivity (Wildman–Crippen MR) is 121 cm³/mol. The van der Waals surface area contributed by atoms with Crippen molar-refractivity contribution in [3.05, 3.63) is 77.1 Å². The van der Waals surface area contributed by atoms with Gasteiger partial charge < -0.3 is 24.2 Å². The standard InChI is InChI=1S/C24H23ClN2O5/c1-30-21-9-7-18(13-22(21)32-23-5-3-11-31-23)27(15-16-4-2-10-26-14-16)17-6-8-19(24(28)29)20(25)12-17/h2,4,6-10,12-14,23H,3,5,11,15H2,1H3,(H,28,29). The molecule has 0 bridgehead atoms. The van der Waals surface area contributed by atoms with Crippen molar-refractivity contribution in [2.45, 2.75) is 25.7 Å². The van der Waals surface area contributed by atoms with Crippen LogP contribution in [0.1, 0.15) is 28.8 Å². The zero-order valence-electron chi connectivity index (χ0n) is 17.5. The first-order valence-electron chi connectivity index (χ1n) is 10.2. The molecule has 2 heterocycles. The van der Waals surface area contributed by atoms with Crippen LogP contribution in [-0.2, 0) is 11.3 Å². The quantitative estimate of drug-likeness (QED) is 0.494. The Morgan fingerprint density at radius 1 is 1.22 bits per heavy atom. The van der Waals surface area contributed by atoms with Crippen LogP contribution in [0.25, 0.3) is 0 Å². The third-order valence-corrected chi connectivity index (χ3v) is 5.48. The molecule has 1 unspecified atom stereocenters. The van der Waals surface area contributed by atoms with Crippen LogP contribution in [0, 0.1) is 0 Å². The van der Waals surface area contributed by atoms with Gasteiger partial charge in [0.2, 0.25) is 0 Å². The second-order valence-electron chi connectivity index (χ2n) is 7.31. The molecule has 2 aromatic carbocycles. The van der Waals surface area contributed by atoms with Gasteiger partial charge in [0.05, 0.1) is 24.3 Å². The molecule has 1 fully saturated rings. The highest BCUT2D eigenvalue weighted by Crippen LogP contribution is 2.38. The summed E-state index contributed by atoms with van der Waals surface area (Å²) < 4.78 is 17.2. The van der Waals surface area contributed by atoms with Crippen molar-refractivity contribution in [1.29, 1.82) is 0 Å². The highest BCUT2D eigenvalue weighted by atomic mass is 35.5. The van der Waals surface area contributed by atoms with E-state index in [1.54, 1.807) is 31.6 Å². The van der Waals surface area contributed by atoms with Gasteiger partial charge in [0.1, 0.15) is 0 Å². The lowest BCUT2D eigenvalue weighted by Gasteiger charge is -2.27. The maximum Gasteiger partial charge on any atom is 0.337 e. The van der Waals surface area contributed by atoms with Gasteiger partial charge in [0.25, 0.3) is 0 Å². The van der Waals surface area contributed by atoms with Crippen molar-refractivity contribution in [1.82, 2.24) is 4.98 Å². The van der Waals surface area contributed by atoms with Gasteiger partial charge in [-0.05, 0) is 48.4 Å². The van der Waals surface area contributed by atoms with E-state index in [0.29, 0.717) is 24.7 Å². The van der Waals surface area contributed by atoms with Crippen molar-refractivity contribution in [3.63, 3.8) is 0 Å². The maximum atomic E-state index is 11.4. The van der Waals surface area contributed by atoms with Crippen LogP contribution in [-0.4, -0.2) is 36.1 Å². The van der Waals surface area contributed by atoms with Gasteiger partial charge in [0, 0.05) is 42.8 Å². The van der Waals surface area contributed by atoms with Crippen molar-refractivity contribution < 1.29 is 24.1 Å². The van der Waals surface area contributed by atoms with E-state index in [1.807, 2.05) is 35.2 Å². The average molecular weight is 455 g/mol. The first kappa shape index (κ1) is 21.9. The molecule has 0 amide bonds. The van der Waals surface area contributed by atoms with E-state index in [2.05, 4.69) is 4.98 Å². The summed E-state index contributed by atoms with van der Waals surface area (Å²) in [4.78, 5) is 17.6. The van der Waals surface area contributed by atoms with E-state index in [1.165, 1.54) is 6.07 Å². The molecule has 4 rings (SSSR count). The molecular weight excluding hydrogens is 432 g/mol. The number of anilines is 2. The first-order chi connectivity index (χ1) is 15.5. The minimum absolute atomic E-state index is 0.0499. The van der Waals surface area contributed by atoms with Crippen molar-refractivity contribution in [2.75, 3.05) is 18.6 Å². The van der Waals surface area contributed by atoms with Crippen LogP contribution in [0.2, 0.25) is 5.02 Å². The van der Waals surface area contributed by atoms with Crippen LogP contribution in [0.3, 0.4) is 0 Å². The lowest BCUT2D eigenvalue weighted by Crippen LogP contribution is -2.18. The smallest absolute Gasteiger partial charge is 0.337 e. The summed E-state index contributed by atoms with van der Waals surface area (Å²) in [6.45, 7) is 1.16. The van der Waals surface area contributed by atoms with E-state index in [-0.39, 0.29) is 16.9 Å². The molecule has 1 N–H and O–H groups in total. The number of nitrogens with zero attached hydrogens (tertiary/aromatic N) is 2. The number of halogens is 1. The molecule has 0 saturated carbocycles. The Morgan fingerprint density at radius 2 is 2.03 bits per heavy atom. The number of ether oxygens (including phenoxy) is 3. The fourth-order valence-corrected chi connectivity index (χ4v) is 3.81. The molecule has 1 atom stereocenters. The highest BCUT2D eigenvalue weighted by Gasteiger charge is 2.21. The normalized spacial score (nSPS) is 15.4. The number of aromatic carboxylic acids is 1. The fourth-order valence-electron chi connectivity index (χ4n) is 3.56. The Labute approximate surface area is 191 Å². The van der Waals surface area contributed by atoms with Crippen LogP contribution < -0.4 is 14.4 Å². The maximum absolute atomic E-state index is 11.4. The summed E-state index contributed by atoms with van der Waals surface area (Å²) in [6, 6.07) is 14.4. The summed E-state index contributed by atoms with van der Waals surface area (Å²) in [7, 11) is 1.59. The zero-order chi connectivity index (χ0) is 22.5. The first-order valence-corrected chi connectivity index (χ1v) is 10.6. The van der Waals surface area contributed by atoms with E-state index >= 15 is 0 Å². The Bertz CT molecular complexity index is 1090. The number of methoxy groups -OCH3 is 1. The largest absolute Gasteiger partial charge is 0.493 e. The number of carboxylic acids is 1. The predicted octanol–water partition coefficient (Wildman–Crippen LogP) is 5.30. The highest BCUT2D eigenvalue weighted by molar-refractivity contribution is 6.33. The number of pyridine rings is 1. The number of carbonyl (C=O) groups is 1. The van der Waals surface area contributed by atoms with Crippen molar-refractivity contribution in [2.24, 2.45) is 0 Å². The van der Waals surface area contributed by atoms with E-state index in [4.69, 9.17) is 25.8 Å². The monoisotopic (exact) mass is 454 g/mol. The van der Waals surface area contributed by atoms with Gasteiger partial charge in [-0.3, -0.25) is 4.98 Å². The molecule has 32 heavy (non-hydrogen) atoms. The Kier molecular flexibility index (Phi) is 6.78. The van der Waals surface area contributed by atoms with E-state index < -0.39 is 5.97 Å². The van der Waals surface area contributed by atoms with Crippen LogP contribution >= 0.6 is 11.6 Å². The van der Waals surface area contributed by atoms with Crippen LogP contribution in [0.4, 0.5) is 11.4 Å². The van der Waals surface area contributed by atoms with Gasteiger partial charge in [-0.2, -0.15) is 0 Å². The fraction of sp³-hybridized carbons (Fsp3) is 0.250. The molecular formula is C24H23ClN2O5. The number of rotatable bonds is 8. The molecule has 1 aromatic heterocycles. The zero-order valence-corrected chi connectivity index (χ0v) is 18.3. The number of carboxylic acid groups (broad SMARTS) is 1.